The first-order chi connectivity index (χ1) is 13.5. The fourth-order valence-corrected chi connectivity index (χ4v) is 2.70. The Hall–Kier alpha value is -3.09. The van der Waals surface area contributed by atoms with Gasteiger partial charge in [-0.15, -0.1) is 0 Å². The molecule has 142 valence electrons. The molecule has 0 aliphatic carbocycles. The number of halogens is 1. The number of benzene rings is 2. The van der Waals surface area contributed by atoms with E-state index in [0.717, 1.165) is 17.0 Å². The minimum Gasteiger partial charge on any atom is -0.497 e. The molecule has 3 aromatic rings. The molecule has 0 fully saturated rings. The van der Waals surface area contributed by atoms with Crippen molar-refractivity contribution in [1.82, 2.24) is 5.32 Å². The highest BCUT2D eigenvalue weighted by Gasteiger charge is 2.05. The predicted octanol–water partition coefficient (Wildman–Crippen LogP) is 5.14. The molecular formula is C21H17ClN2O3S. The SMILES string of the molecule is COc1ccc(NC(=S)NC(=O)C=Cc2ccc(-c3ccc(Cl)cc3)o2)cc1. The zero-order valence-corrected chi connectivity index (χ0v) is 16.5. The molecule has 0 aliphatic rings. The number of anilines is 1. The molecule has 2 aromatic carbocycles. The van der Waals surface area contributed by atoms with Crippen molar-refractivity contribution in [3.05, 3.63) is 77.5 Å². The van der Waals surface area contributed by atoms with Crippen LogP contribution in [0.25, 0.3) is 17.4 Å². The van der Waals surface area contributed by atoms with Gasteiger partial charge < -0.3 is 14.5 Å². The largest absolute Gasteiger partial charge is 0.497 e. The lowest BCUT2D eigenvalue weighted by atomic mass is 10.2. The normalized spacial score (nSPS) is 10.6. The number of hydrogen-bond donors (Lipinski definition) is 2. The molecule has 7 heteroatoms. The zero-order valence-electron chi connectivity index (χ0n) is 14.9. The van der Waals surface area contributed by atoms with Crippen LogP contribution in [0.3, 0.4) is 0 Å². The van der Waals surface area contributed by atoms with E-state index in [-0.39, 0.29) is 11.0 Å². The Balaban J connectivity index is 1.54. The second-order valence-corrected chi connectivity index (χ2v) is 6.56. The van der Waals surface area contributed by atoms with Crippen molar-refractivity contribution >= 4 is 46.6 Å². The van der Waals surface area contributed by atoms with E-state index in [4.69, 9.17) is 33.0 Å². The Morgan fingerprint density at radius 3 is 2.46 bits per heavy atom. The molecule has 28 heavy (non-hydrogen) atoms. The zero-order chi connectivity index (χ0) is 19.9. The molecule has 0 saturated carbocycles. The van der Waals surface area contributed by atoms with Gasteiger partial charge in [-0.05, 0) is 79.0 Å². The first kappa shape index (κ1) is 19.7. The summed E-state index contributed by atoms with van der Waals surface area (Å²) in [7, 11) is 1.59. The van der Waals surface area contributed by atoms with Crippen LogP contribution in [0.1, 0.15) is 5.76 Å². The highest BCUT2D eigenvalue weighted by Crippen LogP contribution is 2.24. The van der Waals surface area contributed by atoms with Crippen molar-refractivity contribution in [3.63, 3.8) is 0 Å². The monoisotopic (exact) mass is 412 g/mol. The van der Waals surface area contributed by atoms with Crippen molar-refractivity contribution in [2.24, 2.45) is 0 Å². The highest BCUT2D eigenvalue weighted by atomic mass is 35.5. The topological polar surface area (TPSA) is 63.5 Å². The molecule has 0 bridgehead atoms. The number of thiocarbonyl (C=S) groups is 1. The van der Waals surface area contributed by atoms with Gasteiger partial charge in [-0.2, -0.15) is 0 Å². The van der Waals surface area contributed by atoms with Gasteiger partial charge in [-0.25, -0.2) is 0 Å². The molecule has 1 aromatic heterocycles. The summed E-state index contributed by atoms with van der Waals surface area (Å²) < 4.78 is 10.8. The lowest BCUT2D eigenvalue weighted by Crippen LogP contribution is -2.32. The van der Waals surface area contributed by atoms with Gasteiger partial charge in [0.2, 0.25) is 5.91 Å². The summed E-state index contributed by atoms with van der Waals surface area (Å²) in [5.41, 5.74) is 1.65. The molecular weight excluding hydrogens is 396 g/mol. The second-order valence-electron chi connectivity index (χ2n) is 5.71. The molecule has 0 spiro atoms. The van der Waals surface area contributed by atoms with Crippen LogP contribution in [-0.4, -0.2) is 18.1 Å². The van der Waals surface area contributed by atoms with E-state index in [1.165, 1.54) is 6.08 Å². The standard InChI is InChI=1S/C21H17ClN2O3S/c1-26-17-8-6-16(7-9-17)23-21(28)24-20(25)13-11-18-10-12-19(27-18)14-2-4-15(22)5-3-14/h2-13H,1H3,(H2,23,24,25,28). The van der Waals surface area contributed by atoms with E-state index in [9.17, 15) is 4.79 Å². The third-order valence-electron chi connectivity index (χ3n) is 3.74. The molecule has 2 N–H and O–H groups in total. The maximum absolute atomic E-state index is 12.0. The van der Waals surface area contributed by atoms with Crippen LogP contribution >= 0.6 is 23.8 Å². The predicted molar refractivity (Wildman–Crippen MR) is 116 cm³/mol. The van der Waals surface area contributed by atoms with Gasteiger partial charge in [0, 0.05) is 22.3 Å². The Labute approximate surface area is 173 Å². The molecule has 3 rings (SSSR count). The van der Waals surface area contributed by atoms with Crippen molar-refractivity contribution in [3.8, 4) is 17.1 Å². The molecule has 1 heterocycles. The lowest BCUT2D eigenvalue weighted by molar-refractivity contribution is -0.115. The number of carbonyl (C=O) groups is 1. The number of furan rings is 1. The summed E-state index contributed by atoms with van der Waals surface area (Å²) in [4.78, 5) is 12.0. The van der Waals surface area contributed by atoms with Crippen LogP contribution < -0.4 is 15.4 Å². The Morgan fingerprint density at radius 1 is 1.07 bits per heavy atom. The average Bonchev–Trinajstić information content (AvgIpc) is 3.16. The maximum Gasteiger partial charge on any atom is 0.250 e. The van der Waals surface area contributed by atoms with Crippen LogP contribution in [0, 0.1) is 0 Å². The Morgan fingerprint density at radius 2 is 1.79 bits per heavy atom. The van der Waals surface area contributed by atoms with Crippen LogP contribution in [-0.2, 0) is 4.79 Å². The highest BCUT2D eigenvalue weighted by molar-refractivity contribution is 7.80. The number of rotatable bonds is 5. The van der Waals surface area contributed by atoms with E-state index in [2.05, 4.69) is 10.6 Å². The maximum atomic E-state index is 12.0. The molecule has 0 unspecified atom stereocenters. The summed E-state index contributed by atoms with van der Waals surface area (Å²) in [5.74, 6) is 1.61. The third-order valence-corrected chi connectivity index (χ3v) is 4.20. The molecule has 0 saturated heterocycles. The number of amides is 1. The van der Waals surface area contributed by atoms with E-state index in [0.29, 0.717) is 16.5 Å². The van der Waals surface area contributed by atoms with Crippen LogP contribution in [0.2, 0.25) is 5.02 Å². The van der Waals surface area contributed by atoms with Crippen LogP contribution in [0.15, 0.2) is 71.2 Å². The third kappa shape index (κ3) is 5.45. The first-order valence-corrected chi connectivity index (χ1v) is 9.12. The first-order valence-electron chi connectivity index (χ1n) is 8.33. The summed E-state index contributed by atoms with van der Waals surface area (Å²) in [6.07, 6.45) is 2.93. The van der Waals surface area contributed by atoms with Crippen LogP contribution in [0.4, 0.5) is 5.69 Å². The summed E-state index contributed by atoms with van der Waals surface area (Å²) in [6.45, 7) is 0. The van der Waals surface area contributed by atoms with Crippen molar-refractivity contribution < 1.29 is 13.9 Å². The van der Waals surface area contributed by atoms with Crippen molar-refractivity contribution in [2.45, 2.75) is 0 Å². The fourth-order valence-electron chi connectivity index (χ4n) is 2.36. The van der Waals surface area contributed by atoms with Gasteiger partial charge in [0.15, 0.2) is 5.11 Å². The van der Waals surface area contributed by atoms with Gasteiger partial charge in [0.05, 0.1) is 7.11 Å². The smallest absolute Gasteiger partial charge is 0.250 e. The van der Waals surface area contributed by atoms with E-state index in [1.807, 2.05) is 18.2 Å². The number of methoxy groups -OCH3 is 1. The minimum atomic E-state index is -0.365. The summed E-state index contributed by atoms with van der Waals surface area (Å²) >= 11 is 11.0. The number of carbonyl (C=O) groups excluding carboxylic acids is 1. The quantitative estimate of drug-likeness (QED) is 0.449. The second kappa shape index (κ2) is 9.21. The summed E-state index contributed by atoms with van der Waals surface area (Å²) in [5, 5.41) is 6.36. The fraction of sp³-hybridized carbons (Fsp3) is 0.0476. The molecule has 1 amide bonds. The van der Waals surface area contributed by atoms with Gasteiger partial charge >= 0.3 is 0 Å². The molecule has 0 aliphatic heterocycles. The van der Waals surface area contributed by atoms with E-state index in [1.54, 1.807) is 55.7 Å². The van der Waals surface area contributed by atoms with E-state index >= 15 is 0 Å². The number of nitrogens with one attached hydrogen (secondary N) is 2. The molecule has 0 atom stereocenters. The lowest BCUT2D eigenvalue weighted by Gasteiger charge is -2.08. The Bertz CT molecular complexity index is 995. The minimum absolute atomic E-state index is 0.195. The van der Waals surface area contributed by atoms with Crippen molar-refractivity contribution in [1.29, 1.82) is 0 Å². The van der Waals surface area contributed by atoms with Crippen LogP contribution in [0.5, 0.6) is 5.75 Å². The van der Waals surface area contributed by atoms with Gasteiger partial charge in [-0.3, -0.25) is 10.1 Å². The average molecular weight is 413 g/mol. The molecule has 0 radical (unpaired) electrons. The van der Waals surface area contributed by atoms with Gasteiger partial charge in [0.1, 0.15) is 17.3 Å². The van der Waals surface area contributed by atoms with Crippen molar-refractivity contribution in [2.75, 3.05) is 12.4 Å². The number of hydrogen-bond acceptors (Lipinski definition) is 4. The van der Waals surface area contributed by atoms with E-state index < -0.39 is 0 Å². The summed E-state index contributed by atoms with van der Waals surface area (Å²) in [6, 6.07) is 18.1. The Kier molecular flexibility index (Phi) is 6.47. The van der Waals surface area contributed by atoms with Gasteiger partial charge in [-0.1, -0.05) is 11.6 Å². The van der Waals surface area contributed by atoms with Gasteiger partial charge in [0.25, 0.3) is 0 Å². The molecule has 5 nitrogen and oxygen atoms in total. The number of ether oxygens (including phenoxy) is 1.